The molecule has 1 fully saturated rings. The minimum atomic E-state index is -1.04. The molecular weight excluding hydrogens is 471 g/mol. The van der Waals surface area contributed by atoms with E-state index in [4.69, 9.17) is 27.6 Å². The number of aromatic carboxylic acids is 1. The van der Waals surface area contributed by atoms with Crippen LogP contribution in [0.2, 0.25) is 10.0 Å². The number of nitrogens with zero attached hydrogens (tertiary/aromatic N) is 2. The van der Waals surface area contributed by atoms with Gasteiger partial charge in [-0.3, -0.25) is 9.69 Å². The minimum Gasteiger partial charge on any atom is -0.478 e. The molecule has 162 valence electrons. The molecule has 9 heteroatoms. The predicted molar refractivity (Wildman–Crippen MR) is 128 cm³/mol. The molecule has 0 saturated carbocycles. The van der Waals surface area contributed by atoms with E-state index >= 15 is 0 Å². The molecule has 0 atom stereocenters. The number of hydrogen-bond acceptors (Lipinski definition) is 5. The number of furan rings is 1. The summed E-state index contributed by atoms with van der Waals surface area (Å²) in [6, 6.07) is 14.9. The molecule has 2 heterocycles. The summed E-state index contributed by atoms with van der Waals surface area (Å²) in [6.07, 6.45) is 1.65. The highest BCUT2D eigenvalue weighted by Gasteiger charge is 2.32. The molecule has 0 unspecified atom stereocenters. The lowest BCUT2D eigenvalue weighted by Crippen LogP contribution is -2.28. The lowest BCUT2D eigenvalue weighted by Gasteiger charge is -2.12. The zero-order chi connectivity index (χ0) is 22.8. The molecule has 0 aliphatic carbocycles. The molecule has 1 aliphatic heterocycles. The van der Waals surface area contributed by atoms with Crippen molar-refractivity contribution in [2.75, 3.05) is 6.54 Å². The molecule has 1 amide bonds. The van der Waals surface area contributed by atoms with Crippen molar-refractivity contribution in [1.29, 1.82) is 0 Å². The van der Waals surface area contributed by atoms with Crippen molar-refractivity contribution < 1.29 is 19.1 Å². The standard InChI is InChI=1S/C23H16Cl2N2O4S/c1-2-27-21(28)20(32-23(27)26-15-5-3-4-13(10-15)22(29)30)12-16-7-9-19(31-16)17-11-14(24)6-8-18(17)25/h3-12H,2H2,1H3,(H,29,30)/b20-12+,26-23?. The smallest absolute Gasteiger partial charge is 0.335 e. The van der Waals surface area contributed by atoms with Crippen molar-refractivity contribution in [3.05, 3.63) is 80.9 Å². The fourth-order valence-electron chi connectivity index (χ4n) is 3.08. The van der Waals surface area contributed by atoms with Gasteiger partial charge in [0.05, 0.1) is 21.2 Å². The number of carboxylic acid groups (broad SMARTS) is 1. The van der Waals surface area contributed by atoms with Crippen LogP contribution in [0.4, 0.5) is 5.69 Å². The van der Waals surface area contributed by atoms with E-state index in [0.29, 0.717) is 49.4 Å². The number of thioether (sulfide) groups is 1. The molecule has 1 aliphatic rings. The lowest BCUT2D eigenvalue weighted by molar-refractivity contribution is -0.122. The highest BCUT2D eigenvalue weighted by Crippen LogP contribution is 2.36. The fraction of sp³-hybridized carbons (Fsp3) is 0.0870. The molecule has 1 N–H and O–H groups in total. The van der Waals surface area contributed by atoms with Crippen LogP contribution in [0, 0.1) is 0 Å². The van der Waals surface area contributed by atoms with Crippen LogP contribution in [0.3, 0.4) is 0 Å². The fourth-order valence-corrected chi connectivity index (χ4v) is 4.51. The minimum absolute atomic E-state index is 0.128. The van der Waals surface area contributed by atoms with Gasteiger partial charge in [0.1, 0.15) is 11.5 Å². The maximum Gasteiger partial charge on any atom is 0.335 e. The Balaban J connectivity index is 1.63. The number of amidine groups is 1. The first-order valence-electron chi connectivity index (χ1n) is 9.54. The van der Waals surface area contributed by atoms with Crippen molar-refractivity contribution in [3.8, 4) is 11.3 Å². The molecule has 1 saturated heterocycles. The third kappa shape index (κ3) is 4.60. The quantitative estimate of drug-likeness (QED) is 0.412. The summed E-state index contributed by atoms with van der Waals surface area (Å²) in [7, 11) is 0. The second-order valence-corrected chi connectivity index (χ2v) is 8.59. The van der Waals surface area contributed by atoms with Crippen LogP contribution < -0.4 is 0 Å². The van der Waals surface area contributed by atoms with Gasteiger partial charge in [0, 0.05) is 23.2 Å². The Morgan fingerprint density at radius 2 is 2.00 bits per heavy atom. The topological polar surface area (TPSA) is 83.1 Å². The van der Waals surface area contributed by atoms with Crippen molar-refractivity contribution in [2.45, 2.75) is 6.92 Å². The van der Waals surface area contributed by atoms with Gasteiger partial charge < -0.3 is 9.52 Å². The highest BCUT2D eigenvalue weighted by atomic mass is 35.5. The third-order valence-electron chi connectivity index (χ3n) is 4.62. The van der Waals surface area contributed by atoms with Gasteiger partial charge >= 0.3 is 5.97 Å². The normalized spacial score (nSPS) is 16.3. The number of aliphatic imine (C=N–C) groups is 1. The van der Waals surface area contributed by atoms with Gasteiger partial charge in [-0.2, -0.15) is 0 Å². The van der Waals surface area contributed by atoms with E-state index < -0.39 is 5.97 Å². The number of benzene rings is 2. The van der Waals surface area contributed by atoms with Gasteiger partial charge in [0.2, 0.25) is 0 Å². The number of halogens is 2. The van der Waals surface area contributed by atoms with Crippen molar-refractivity contribution in [3.63, 3.8) is 0 Å². The second-order valence-electron chi connectivity index (χ2n) is 6.74. The van der Waals surface area contributed by atoms with E-state index in [0.717, 1.165) is 0 Å². The molecule has 6 nitrogen and oxygen atoms in total. The van der Waals surface area contributed by atoms with Crippen LogP contribution in [0.5, 0.6) is 0 Å². The Kier molecular flexibility index (Phi) is 6.41. The largest absolute Gasteiger partial charge is 0.478 e. The summed E-state index contributed by atoms with van der Waals surface area (Å²) in [5, 5.41) is 10.7. The first kappa shape index (κ1) is 22.2. The molecule has 3 aromatic rings. The average Bonchev–Trinajstić information content (AvgIpc) is 3.34. The van der Waals surface area contributed by atoms with E-state index in [1.807, 2.05) is 6.92 Å². The number of carbonyl (C=O) groups is 2. The summed E-state index contributed by atoms with van der Waals surface area (Å²) in [5.41, 5.74) is 1.24. The second kappa shape index (κ2) is 9.24. The number of carbonyl (C=O) groups excluding carboxylic acids is 1. The monoisotopic (exact) mass is 486 g/mol. The zero-order valence-electron chi connectivity index (χ0n) is 16.7. The van der Waals surface area contributed by atoms with E-state index in [2.05, 4.69) is 4.99 Å². The van der Waals surface area contributed by atoms with Crippen molar-refractivity contribution >= 4 is 63.8 Å². The number of likely N-dealkylation sites (N-methyl/N-ethyl adjacent to an activating group) is 1. The first-order valence-corrected chi connectivity index (χ1v) is 11.1. The SMILES string of the molecule is CCN1C(=O)/C(=C\c2ccc(-c3cc(Cl)ccc3Cl)o2)SC1=Nc1cccc(C(=O)O)c1. The van der Waals surface area contributed by atoms with Crippen LogP contribution in [-0.4, -0.2) is 33.6 Å². The average molecular weight is 487 g/mol. The van der Waals surface area contributed by atoms with Crippen LogP contribution in [0.1, 0.15) is 23.0 Å². The van der Waals surface area contributed by atoms with Gasteiger partial charge in [-0.05, 0) is 67.2 Å². The molecule has 2 aromatic carbocycles. The lowest BCUT2D eigenvalue weighted by atomic mass is 10.2. The van der Waals surface area contributed by atoms with Crippen molar-refractivity contribution in [1.82, 2.24) is 4.90 Å². The highest BCUT2D eigenvalue weighted by molar-refractivity contribution is 8.18. The predicted octanol–water partition coefficient (Wildman–Crippen LogP) is 6.58. The van der Waals surface area contributed by atoms with E-state index in [1.54, 1.807) is 48.5 Å². The van der Waals surface area contributed by atoms with Gasteiger partial charge in [0.15, 0.2) is 5.17 Å². The Hall–Kier alpha value is -3.00. The molecular formula is C23H16Cl2N2O4S. The Morgan fingerprint density at radius 3 is 2.75 bits per heavy atom. The molecule has 0 spiro atoms. The number of amides is 1. The summed E-state index contributed by atoms with van der Waals surface area (Å²) >= 11 is 13.5. The zero-order valence-corrected chi connectivity index (χ0v) is 19.0. The van der Waals surface area contributed by atoms with Crippen LogP contribution in [0.25, 0.3) is 17.4 Å². The molecule has 1 aromatic heterocycles. The first-order chi connectivity index (χ1) is 15.4. The van der Waals surface area contributed by atoms with Gasteiger partial charge in [-0.1, -0.05) is 29.3 Å². The van der Waals surface area contributed by atoms with Gasteiger partial charge in [-0.15, -0.1) is 0 Å². The Bertz CT molecular complexity index is 1280. The number of carboxylic acids is 1. The van der Waals surface area contributed by atoms with Crippen LogP contribution >= 0.6 is 35.0 Å². The summed E-state index contributed by atoms with van der Waals surface area (Å²) in [4.78, 5) is 30.5. The van der Waals surface area contributed by atoms with E-state index in [1.165, 1.54) is 28.8 Å². The summed E-state index contributed by atoms with van der Waals surface area (Å²) in [6.45, 7) is 2.26. The van der Waals surface area contributed by atoms with E-state index in [9.17, 15) is 14.7 Å². The number of hydrogen-bond donors (Lipinski definition) is 1. The van der Waals surface area contributed by atoms with Gasteiger partial charge in [-0.25, -0.2) is 9.79 Å². The Morgan fingerprint density at radius 1 is 1.19 bits per heavy atom. The molecule has 32 heavy (non-hydrogen) atoms. The molecule has 0 radical (unpaired) electrons. The Labute approximate surface area is 198 Å². The summed E-state index contributed by atoms with van der Waals surface area (Å²) < 4.78 is 5.87. The third-order valence-corrected chi connectivity index (χ3v) is 6.19. The van der Waals surface area contributed by atoms with Gasteiger partial charge in [0.25, 0.3) is 5.91 Å². The summed E-state index contributed by atoms with van der Waals surface area (Å²) in [5.74, 6) is -0.225. The van der Waals surface area contributed by atoms with Crippen molar-refractivity contribution in [2.24, 2.45) is 4.99 Å². The number of rotatable bonds is 5. The molecule has 0 bridgehead atoms. The van der Waals surface area contributed by atoms with Crippen LogP contribution in [0.15, 0.2) is 68.9 Å². The molecule has 4 rings (SSSR count). The van der Waals surface area contributed by atoms with E-state index in [-0.39, 0.29) is 11.5 Å². The maximum atomic E-state index is 12.9. The van der Waals surface area contributed by atoms with Crippen LogP contribution in [-0.2, 0) is 4.79 Å². The maximum absolute atomic E-state index is 12.9.